The first-order valence-electron chi connectivity index (χ1n) is 10.6. The highest BCUT2D eigenvalue weighted by Gasteiger charge is 2.14. The minimum absolute atomic E-state index is 0.0198. The zero-order chi connectivity index (χ0) is 25.7. The molecule has 8 nitrogen and oxygen atoms in total. The number of rotatable bonds is 8. The van der Waals surface area contributed by atoms with E-state index in [1.54, 1.807) is 42.5 Å². The minimum atomic E-state index is -0.635. The number of hydrogen-bond donors (Lipinski definition) is 0. The van der Waals surface area contributed by atoms with Crippen molar-refractivity contribution in [3.63, 3.8) is 0 Å². The summed E-state index contributed by atoms with van der Waals surface area (Å²) in [4.78, 5) is 25.2. The highest BCUT2D eigenvalue weighted by atomic mass is 35.5. The standard InChI is InChI=1S/C27H21ClO8/c1-31-22-12-16(13-23(32-2)27(22)33-3)8-11-25(29)35-17-9-10-18-21(14-17)34-15-24(26(18)30)36-20-7-5-4-6-19(20)28/h4-15H,1-3H3/b11-8+. The van der Waals surface area contributed by atoms with Gasteiger partial charge in [-0.05, 0) is 48.0 Å². The van der Waals surface area contributed by atoms with Gasteiger partial charge in [-0.25, -0.2) is 4.79 Å². The third kappa shape index (κ3) is 5.29. The van der Waals surface area contributed by atoms with E-state index in [4.69, 9.17) is 39.7 Å². The molecule has 3 aromatic carbocycles. The molecular weight excluding hydrogens is 488 g/mol. The summed E-state index contributed by atoms with van der Waals surface area (Å²) < 4.78 is 32.4. The van der Waals surface area contributed by atoms with Gasteiger partial charge in [-0.1, -0.05) is 23.7 Å². The van der Waals surface area contributed by atoms with Gasteiger partial charge in [-0.15, -0.1) is 0 Å². The zero-order valence-corrected chi connectivity index (χ0v) is 20.3. The van der Waals surface area contributed by atoms with Gasteiger partial charge in [0.2, 0.25) is 16.9 Å². The van der Waals surface area contributed by atoms with E-state index in [1.807, 2.05) is 0 Å². The van der Waals surface area contributed by atoms with Gasteiger partial charge in [0.25, 0.3) is 0 Å². The molecule has 0 fully saturated rings. The average Bonchev–Trinajstić information content (AvgIpc) is 2.89. The van der Waals surface area contributed by atoms with Crippen LogP contribution in [0.4, 0.5) is 0 Å². The lowest BCUT2D eigenvalue weighted by Gasteiger charge is -2.12. The highest BCUT2D eigenvalue weighted by Crippen LogP contribution is 2.38. The Morgan fingerprint density at radius 2 is 1.61 bits per heavy atom. The van der Waals surface area contributed by atoms with Crippen LogP contribution in [-0.2, 0) is 4.79 Å². The van der Waals surface area contributed by atoms with Gasteiger partial charge < -0.3 is 28.1 Å². The molecule has 0 saturated carbocycles. The molecule has 0 N–H and O–H groups in total. The molecule has 0 aliphatic carbocycles. The van der Waals surface area contributed by atoms with E-state index < -0.39 is 11.4 Å². The minimum Gasteiger partial charge on any atom is -0.493 e. The third-order valence-electron chi connectivity index (χ3n) is 5.09. The monoisotopic (exact) mass is 508 g/mol. The molecule has 0 unspecified atom stereocenters. The number of para-hydroxylation sites is 1. The van der Waals surface area contributed by atoms with Crippen molar-refractivity contribution in [2.24, 2.45) is 0 Å². The molecule has 0 bridgehead atoms. The molecule has 0 aliphatic rings. The van der Waals surface area contributed by atoms with Gasteiger partial charge in [0.15, 0.2) is 11.5 Å². The van der Waals surface area contributed by atoms with Crippen molar-refractivity contribution < 1.29 is 32.9 Å². The summed E-state index contributed by atoms with van der Waals surface area (Å²) >= 11 is 6.09. The first kappa shape index (κ1) is 24.7. The summed E-state index contributed by atoms with van der Waals surface area (Å²) in [7, 11) is 4.51. The van der Waals surface area contributed by atoms with Crippen LogP contribution >= 0.6 is 11.6 Å². The van der Waals surface area contributed by atoms with E-state index >= 15 is 0 Å². The van der Waals surface area contributed by atoms with Crippen molar-refractivity contribution in [3.05, 3.63) is 87.7 Å². The van der Waals surface area contributed by atoms with Gasteiger partial charge in [0.1, 0.15) is 23.3 Å². The summed E-state index contributed by atoms with van der Waals surface area (Å²) in [5, 5.41) is 0.617. The topological polar surface area (TPSA) is 93.4 Å². The third-order valence-corrected chi connectivity index (χ3v) is 5.40. The number of halogens is 1. The maximum absolute atomic E-state index is 12.8. The Kier molecular flexibility index (Phi) is 7.46. The van der Waals surface area contributed by atoms with Crippen LogP contribution < -0.4 is 29.1 Å². The Hall–Kier alpha value is -4.43. The molecule has 4 rings (SSSR count). The molecule has 0 amide bonds. The van der Waals surface area contributed by atoms with E-state index in [1.165, 1.54) is 51.9 Å². The Morgan fingerprint density at radius 1 is 0.889 bits per heavy atom. The number of fused-ring (bicyclic) bond motifs is 1. The summed E-state index contributed by atoms with van der Waals surface area (Å²) in [6.45, 7) is 0. The van der Waals surface area contributed by atoms with Crippen LogP contribution in [0.25, 0.3) is 17.0 Å². The number of methoxy groups -OCH3 is 3. The molecule has 36 heavy (non-hydrogen) atoms. The molecule has 0 saturated heterocycles. The summed E-state index contributed by atoms with van der Waals surface area (Å²) in [5.74, 6) is 1.22. The van der Waals surface area contributed by atoms with Gasteiger partial charge in [0, 0.05) is 12.1 Å². The van der Waals surface area contributed by atoms with E-state index in [9.17, 15) is 9.59 Å². The van der Waals surface area contributed by atoms with E-state index in [-0.39, 0.29) is 22.5 Å². The fourth-order valence-corrected chi connectivity index (χ4v) is 3.56. The fraction of sp³-hybridized carbons (Fsp3) is 0.111. The largest absolute Gasteiger partial charge is 0.493 e. The first-order valence-corrected chi connectivity index (χ1v) is 11.0. The SMILES string of the molecule is COc1cc(/C=C/C(=O)Oc2ccc3c(=O)c(Oc4ccccc4Cl)coc3c2)cc(OC)c1OC. The Morgan fingerprint density at radius 3 is 2.28 bits per heavy atom. The van der Waals surface area contributed by atoms with Gasteiger partial charge in [-0.3, -0.25) is 4.79 Å². The lowest BCUT2D eigenvalue weighted by Crippen LogP contribution is -2.06. The van der Waals surface area contributed by atoms with Crippen molar-refractivity contribution in [2.45, 2.75) is 0 Å². The van der Waals surface area contributed by atoms with E-state index in [0.717, 1.165) is 0 Å². The molecule has 1 heterocycles. The number of carbonyl (C=O) groups excluding carboxylic acids is 1. The van der Waals surface area contributed by atoms with E-state index in [2.05, 4.69) is 0 Å². The second kappa shape index (κ2) is 10.9. The Bertz CT molecular complexity index is 1480. The first-order chi connectivity index (χ1) is 17.4. The van der Waals surface area contributed by atoms with E-state index in [0.29, 0.717) is 33.6 Å². The molecule has 0 atom stereocenters. The quantitative estimate of drug-likeness (QED) is 0.165. The van der Waals surface area contributed by atoms with Crippen molar-refractivity contribution in [1.82, 2.24) is 0 Å². The molecule has 1 aromatic heterocycles. The Labute approximate surface area is 211 Å². The summed E-state index contributed by atoms with van der Waals surface area (Å²) in [6, 6.07) is 14.6. The van der Waals surface area contributed by atoms with Crippen molar-refractivity contribution in [2.75, 3.05) is 21.3 Å². The zero-order valence-electron chi connectivity index (χ0n) is 19.6. The van der Waals surface area contributed by atoms with Crippen molar-refractivity contribution in [1.29, 1.82) is 0 Å². The second-order valence-electron chi connectivity index (χ2n) is 7.33. The predicted molar refractivity (Wildman–Crippen MR) is 135 cm³/mol. The lowest BCUT2D eigenvalue weighted by molar-refractivity contribution is -0.128. The van der Waals surface area contributed by atoms with Gasteiger partial charge in [-0.2, -0.15) is 0 Å². The van der Waals surface area contributed by atoms with Gasteiger partial charge in [0.05, 0.1) is 31.7 Å². The normalized spacial score (nSPS) is 10.9. The predicted octanol–water partition coefficient (Wildman–Crippen LogP) is 5.88. The molecule has 0 spiro atoms. The van der Waals surface area contributed by atoms with Crippen LogP contribution in [0.15, 0.2) is 76.1 Å². The molecule has 0 radical (unpaired) electrons. The second-order valence-corrected chi connectivity index (χ2v) is 7.74. The smallest absolute Gasteiger partial charge is 0.336 e. The van der Waals surface area contributed by atoms with Crippen LogP contribution in [0, 0.1) is 0 Å². The highest BCUT2D eigenvalue weighted by molar-refractivity contribution is 6.32. The Balaban J connectivity index is 1.51. The number of ether oxygens (including phenoxy) is 5. The fourth-order valence-electron chi connectivity index (χ4n) is 3.38. The van der Waals surface area contributed by atoms with Crippen molar-refractivity contribution in [3.8, 4) is 34.5 Å². The number of benzene rings is 3. The molecule has 0 aliphatic heterocycles. The maximum Gasteiger partial charge on any atom is 0.336 e. The van der Waals surface area contributed by atoms with Crippen molar-refractivity contribution >= 4 is 34.6 Å². The number of carbonyl (C=O) groups is 1. The van der Waals surface area contributed by atoms with Gasteiger partial charge >= 0.3 is 5.97 Å². The summed E-state index contributed by atoms with van der Waals surface area (Å²) in [6.07, 6.45) is 3.98. The lowest BCUT2D eigenvalue weighted by atomic mass is 10.1. The summed E-state index contributed by atoms with van der Waals surface area (Å²) in [5.41, 5.74) is 0.471. The van der Waals surface area contributed by atoms with Crippen LogP contribution in [0.5, 0.6) is 34.5 Å². The number of esters is 1. The molecule has 4 aromatic rings. The van der Waals surface area contributed by atoms with Crippen LogP contribution in [-0.4, -0.2) is 27.3 Å². The molecular formula is C27H21ClO8. The number of hydrogen-bond acceptors (Lipinski definition) is 8. The van der Waals surface area contributed by atoms with Crippen LogP contribution in [0.3, 0.4) is 0 Å². The van der Waals surface area contributed by atoms with Crippen LogP contribution in [0.1, 0.15) is 5.56 Å². The van der Waals surface area contributed by atoms with Crippen LogP contribution in [0.2, 0.25) is 5.02 Å². The average molecular weight is 509 g/mol. The molecule has 184 valence electrons. The molecule has 9 heteroatoms. The maximum atomic E-state index is 12.8.